The van der Waals surface area contributed by atoms with Crippen LogP contribution >= 0.6 is 0 Å². The highest BCUT2D eigenvalue weighted by atomic mass is 15.0. The molecular weight excluding hydrogens is 1310 g/mol. The Balaban J connectivity index is 0.000000138. The zero-order valence-corrected chi connectivity index (χ0v) is 59.0. The molecule has 22 rings (SSSR count). The fraction of sp³-hybridized carbons (Fsp3) is 0. The minimum absolute atomic E-state index is 1.16. The minimum atomic E-state index is 1.16. The van der Waals surface area contributed by atoms with Crippen molar-refractivity contribution in [2.24, 2.45) is 0 Å². The molecule has 4 aromatic heterocycles. The SMILES string of the molecule is c1ccc(-c2cccc(-n3c4ccccc4c4cc(-c5ccc6c(c5)c5ccccc5n6-c5cccc(-c6ccc7ccccc7c6)c5)ccc43)c2)cc1.c1ccc(-c2cccc(-n3c4ccccc4c4cc(-c5ccc6c(c5)c5ccccc5n6-c5cccc(-c6cccc7ccccc67)c5)ccc43)c2)cc1. The Hall–Kier alpha value is -14.3. The molecule has 0 bridgehead atoms. The molecule has 0 saturated carbocycles. The van der Waals surface area contributed by atoms with E-state index >= 15 is 0 Å². The zero-order valence-electron chi connectivity index (χ0n) is 59.0. The highest BCUT2D eigenvalue weighted by Crippen LogP contribution is 2.43. The van der Waals surface area contributed by atoms with E-state index in [9.17, 15) is 0 Å². The summed E-state index contributed by atoms with van der Waals surface area (Å²) in [6, 6.07) is 150. The third-order valence-corrected chi connectivity index (χ3v) is 22.2. The van der Waals surface area contributed by atoms with Gasteiger partial charge in [0.05, 0.1) is 44.1 Å². The van der Waals surface area contributed by atoms with Crippen molar-refractivity contribution in [1.82, 2.24) is 18.3 Å². The van der Waals surface area contributed by atoms with Gasteiger partial charge in [0.2, 0.25) is 0 Å². The summed E-state index contributed by atoms with van der Waals surface area (Å²) in [7, 11) is 0. The number of nitrogens with zero attached hydrogens (tertiary/aromatic N) is 4. The standard InChI is InChI=1S/2C52H34N2/c1-2-13-35(14-3-1)37-17-10-19-41(31-37)53-49-25-8-6-22-45(49)47-33-38(27-29-51(47)53)39-28-30-52-48(34-39)46-23-7-9-26-50(46)54(52)42-20-11-18-40(32-42)44-24-12-16-36-15-4-5-21-43(36)44;1-2-12-35(13-3-1)38-16-10-18-43(31-38)53-49-22-8-6-20-45(49)47-33-41(26-28-51(47)53)42-27-29-52-48(34-42)46-21-7-9-23-50(46)54(52)44-19-11-17-39(32-44)40-25-24-36-14-4-5-15-37(36)30-40/h2*1-34H. The fourth-order valence-corrected chi connectivity index (χ4v) is 17.1. The number of rotatable bonds is 10. The summed E-state index contributed by atoms with van der Waals surface area (Å²) in [6.45, 7) is 0. The van der Waals surface area contributed by atoms with E-state index in [1.165, 1.54) is 176 Å². The van der Waals surface area contributed by atoms with E-state index in [2.05, 4.69) is 431 Å². The lowest BCUT2D eigenvalue weighted by molar-refractivity contribution is 1.18. The number of para-hydroxylation sites is 4. The molecule has 0 saturated heterocycles. The van der Waals surface area contributed by atoms with Gasteiger partial charge in [0.1, 0.15) is 0 Å². The average molecular weight is 1370 g/mol. The van der Waals surface area contributed by atoms with Gasteiger partial charge in [0.15, 0.2) is 0 Å². The predicted molar refractivity (Wildman–Crippen MR) is 458 cm³/mol. The maximum Gasteiger partial charge on any atom is 0.0541 e. The summed E-state index contributed by atoms with van der Waals surface area (Å²) in [6.07, 6.45) is 0. The van der Waals surface area contributed by atoms with Gasteiger partial charge in [-0.05, 0) is 216 Å². The number of hydrogen-bond acceptors (Lipinski definition) is 0. The van der Waals surface area contributed by atoms with Crippen LogP contribution in [0.5, 0.6) is 0 Å². The second-order valence-electron chi connectivity index (χ2n) is 28.4. The van der Waals surface area contributed by atoms with Gasteiger partial charge in [-0.15, -0.1) is 0 Å². The van der Waals surface area contributed by atoms with Gasteiger partial charge in [-0.25, -0.2) is 0 Å². The van der Waals surface area contributed by atoms with E-state index < -0.39 is 0 Å². The van der Waals surface area contributed by atoms with Crippen molar-refractivity contribution in [3.63, 3.8) is 0 Å². The third kappa shape index (κ3) is 10.6. The second kappa shape index (κ2) is 25.8. The molecule has 4 nitrogen and oxygen atoms in total. The minimum Gasteiger partial charge on any atom is -0.309 e. The number of hydrogen-bond donors (Lipinski definition) is 0. The Kier molecular flexibility index (Phi) is 14.9. The van der Waals surface area contributed by atoms with Crippen molar-refractivity contribution in [2.45, 2.75) is 0 Å². The predicted octanol–water partition coefficient (Wildman–Crippen LogP) is 28.1. The Morgan fingerprint density at radius 1 is 0.120 bits per heavy atom. The lowest BCUT2D eigenvalue weighted by Gasteiger charge is -2.12. The maximum atomic E-state index is 2.42. The van der Waals surface area contributed by atoms with Crippen LogP contribution in [0.3, 0.4) is 0 Å². The van der Waals surface area contributed by atoms with Crippen LogP contribution in [-0.4, -0.2) is 18.3 Å². The van der Waals surface area contributed by atoms with Crippen LogP contribution in [0.15, 0.2) is 413 Å². The summed E-state index contributed by atoms with van der Waals surface area (Å²) >= 11 is 0. The second-order valence-corrected chi connectivity index (χ2v) is 28.4. The Morgan fingerprint density at radius 3 is 0.787 bits per heavy atom. The molecule has 0 unspecified atom stereocenters. The van der Waals surface area contributed by atoms with Crippen LogP contribution in [0.2, 0.25) is 0 Å². The largest absolute Gasteiger partial charge is 0.309 e. The topological polar surface area (TPSA) is 19.7 Å². The van der Waals surface area contributed by atoms with Crippen molar-refractivity contribution in [2.75, 3.05) is 0 Å². The van der Waals surface area contributed by atoms with E-state index in [1.807, 2.05) is 0 Å². The molecule has 0 aliphatic carbocycles. The summed E-state index contributed by atoms with van der Waals surface area (Å²) < 4.78 is 9.65. The van der Waals surface area contributed by atoms with Crippen LogP contribution in [0.1, 0.15) is 0 Å². The molecule has 504 valence electrons. The molecule has 4 heteroatoms. The monoisotopic (exact) mass is 1370 g/mol. The van der Waals surface area contributed by atoms with Crippen LogP contribution in [0.4, 0.5) is 0 Å². The highest BCUT2D eigenvalue weighted by Gasteiger charge is 2.21. The Bertz CT molecular complexity index is 7290. The lowest BCUT2D eigenvalue weighted by Crippen LogP contribution is -1.94. The molecule has 108 heavy (non-hydrogen) atoms. The molecule has 0 spiro atoms. The van der Waals surface area contributed by atoms with Gasteiger partial charge in [-0.3, -0.25) is 0 Å². The highest BCUT2D eigenvalue weighted by molar-refractivity contribution is 6.15. The van der Waals surface area contributed by atoms with Gasteiger partial charge in [0.25, 0.3) is 0 Å². The van der Waals surface area contributed by atoms with Crippen molar-refractivity contribution >= 4 is 109 Å². The van der Waals surface area contributed by atoms with E-state index in [0.29, 0.717) is 0 Å². The smallest absolute Gasteiger partial charge is 0.0541 e. The molecule has 0 fully saturated rings. The van der Waals surface area contributed by atoms with Crippen LogP contribution in [0.25, 0.3) is 198 Å². The Morgan fingerprint density at radius 2 is 0.380 bits per heavy atom. The first-order valence-electron chi connectivity index (χ1n) is 37.2. The molecule has 4 heterocycles. The summed E-state index contributed by atoms with van der Waals surface area (Å²) in [5.74, 6) is 0. The first-order valence-corrected chi connectivity index (χ1v) is 37.2. The number of benzene rings is 18. The van der Waals surface area contributed by atoms with Crippen LogP contribution < -0.4 is 0 Å². The molecule has 0 atom stereocenters. The summed E-state index contributed by atoms with van der Waals surface area (Å²) in [5, 5.41) is 15.0. The molecule has 0 N–H and O–H groups in total. The first-order chi connectivity index (χ1) is 53.5. The zero-order chi connectivity index (χ0) is 71.2. The van der Waals surface area contributed by atoms with Gasteiger partial charge in [0, 0.05) is 65.8 Å². The van der Waals surface area contributed by atoms with Crippen molar-refractivity contribution in [3.8, 4) is 89.5 Å². The first kappa shape index (κ1) is 62.3. The van der Waals surface area contributed by atoms with Crippen LogP contribution in [0, 0.1) is 0 Å². The van der Waals surface area contributed by atoms with E-state index in [0.717, 1.165) is 22.7 Å². The molecule has 22 aromatic rings. The van der Waals surface area contributed by atoms with E-state index in [1.54, 1.807) is 0 Å². The molecule has 0 amide bonds. The normalized spacial score (nSPS) is 11.7. The van der Waals surface area contributed by atoms with Crippen molar-refractivity contribution < 1.29 is 0 Å². The number of aromatic nitrogens is 4. The van der Waals surface area contributed by atoms with Gasteiger partial charge in [-0.1, -0.05) is 285 Å². The molecular formula is C104H68N4. The molecule has 0 radical (unpaired) electrons. The maximum absolute atomic E-state index is 2.42. The van der Waals surface area contributed by atoms with Crippen molar-refractivity contribution in [3.05, 3.63) is 413 Å². The summed E-state index contributed by atoms with van der Waals surface area (Å²) in [4.78, 5) is 0. The van der Waals surface area contributed by atoms with Gasteiger partial charge in [-0.2, -0.15) is 0 Å². The van der Waals surface area contributed by atoms with Crippen molar-refractivity contribution in [1.29, 1.82) is 0 Å². The molecule has 0 aliphatic rings. The fourth-order valence-electron chi connectivity index (χ4n) is 17.1. The quantitative estimate of drug-likeness (QED) is 0.130. The Labute approximate surface area is 625 Å². The molecule has 0 aliphatic heterocycles. The average Bonchev–Trinajstić information content (AvgIpc) is 1.60. The third-order valence-electron chi connectivity index (χ3n) is 22.2. The number of fused-ring (bicyclic) bond motifs is 14. The van der Waals surface area contributed by atoms with E-state index in [-0.39, 0.29) is 0 Å². The van der Waals surface area contributed by atoms with Gasteiger partial charge >= 0.3 is 0 Å². The van der Waals surface area contributed by atoms with Gasteiger partial charge < -0.3 is 18.3 Å². The lowest BCUT2D eigenvalue weighted by atomic mass is 9.98. The summed E-state index contributed by atoms with van der Waals surface area (Å²) in [5.41, 5.74) is 28.9. The van der Waals surface area contributed by atoms with E-state index in [4.69, 9.17) is 0 Å². The van der Waals surface area contributed by atoms with Crippen LogP contribution in [-0.2, 0) is 0 Å². The molecule has 18 aromatic carbocycles.